The molecule has 1 aliphatic rings. The number of amides is 1. The van der Waals surface area contributed by atoms with Crippen molar-refractivity contribution in [3.8, 4) is 27.6 Å². The van der Waals surface area contributed by atoms with Gasteiger partial charge in [0.15, 0.2) is 0 Å². The van der Waals surface area contributed by atoms with Crippen LogP contribution in [0.4, 0.5) is 5.69 Å². The predicted molar refractivity (Wildman–Crippen MR) is 96.6 cm³/mol. The van der Waals surface area contributed by atoms with Crippen LogP contribution in [0.25, 0.3) is 21.8 Å². The van der Waals surface area contributed by atoms with Crippen LogP contribution in [-0.2, 0) is 4.79 Å². The summed E-state index contributed by atoms with van der Waals surface area (Å²) < 4.78 is 5.42. The van der Waals surface area contributed by atoms with Gasteiger partial charge in [-0.3, -0.25) is 4.79 Å². The van der Waals surface area contributed by atoms with E-state index in [2.05, 4.69) is 11.4 Å². The van der Waals surface area contributed by atoms with Crippen molar-refractivity contribution in [2.24, 2.45) is 0 Å². The maximum absolute atomic E-state index is 11.8. The van der Waals surface area contributed by atoms with Gasteiger partial charge in [-0.25, -0.2) is 4.98 Å². The zero-order valence-electron chi connectivity index (χ0n) is 13.4. The highest BCUT2D eigenvalue weighted by atomic mass is 32.1. The molecule has 1 atom stereocenters. The molecule has 5 heteroatoms. The summed E-state index contributed by atoms with van der Waals surface area (Å²) in [6.07, 6.45) is 0. The Kier molecular flexibility index (Phi) is 3.58. The number of methoxy groups -OCH3 is 1. The van der Waals surface area contributed by atoms with E-state index in [1.165, 1.54) is 0 Å². The Labute approximate surface area is 144 Å². The van der Waals surface area contributed by atoms with Crippen LogP contribution in [0.2, 0.25) is 0 Å². The number of benzene rings is 2. The average molecular weight is 336 g/mol. The SMILES string of the molecule is COc1ccccc1-c1nc(-c2ccc3c(c2)C(C)C(=O)N3)cs1. The lowest BCUT2D eigenvalue weighted by Crippen LogP contribution is -2.08. The second kappa shape index (κ2) is 5.76. The van der Waals surface area contributed by atoms with Gasteiger partial charge in [0.2, 0.25) is 5.91 Å². The van der Waals surface area contributed by atoms with Crippen LogP contribution in [-0.4, -0.2) is 18.0 Å². The molecule has 0 saturated carbocycles. The van der Waals surface area contributed by atoms with Gasteiger partial charge in [-0.15, -0.1) is 11.3 Å². The third-order valence-corrected chi connectivity index (χ3v) is 5.18. The van der Waals surface area contributed by atoms with E-state index in [1.54, 1.807) is 18.4 Å². The number of carbonyl (C=O) groups excluding carboxylic acids is 1. The monoisotopic (exact) mass is 336 g/mol. The molecule has 0 spiro atoms. The first-order valence-corrected chi connectivity index (χ1v) is 8.59. The first kappa shape index (κ1) is 14.9. The number of hydrogen-bond acceptors (Lipinski definition) is 4. The lowest BCUT2D eigenvalue weighted by Gasteiger charge is -2.05. The van der Waals surface area contributed by atoms with Crippen molar-refractivity contribution >= 4 is 22.9 Å². The van der Waals surface area contributed by atoms with E-state index in [1.807, 2.05) is 48.7 Å². The van der Waals surface area contributed by atoms with Crippen molar-refractivity contribution in [1.29, 1.82) is 0 Å². The fraction of sp³-hybridized carbons (Fsp3) is 0.158. The van der Waals surface area contributed by atoms with Crippen LogP contribution in [0.1, 0.15) is 18.4 Å². The molecule has 4 nitrogen and oxygen atoms in total. The summed E-state index contributed by atoms with van der Waals surface area (Å²) in [7, 11) is 1.67. The minimum absolute atomic E-state index is 0.0511. The Bertz CT molecular complexity index is 933. The second-order valence-corrected chi connectivity index (χ2v) is 6.61. The normalized spacial score (nSPS) is 15.9. The number of anilines is 1. The zero-order valence-corrected chi connectivity index (χ0v) is 14.2. The van der Waals surface area contributed by atoms with Gasteiger partial charge in [-0.2, -0.15) is 0 Å². The molecular formula is C19H16N2O2S. The molecule has 1 amide bonds. The fourth-order valence-electron chi connectivity index (χ4n) is 2.93. The van der Waals surface area contributed by atoms with Gasteiger partial charge >= 0.3 is 0 Å². The molecule has 2 aromatic carbocycles. The number of thiazole rings is 1. The van der Waals surface area contributed by atoms with E-state index < -0.39 is 0 Å². The van der Waals surface area contributed by atoms with Crippen LogP contribution in [0.15, 0.2) is 47.8 Å². The minimum Gasteiger partial charge on any atom is -0.496 e. The molecule has 1 N–H and O–H groups in total. The largest absolute Gasteiger partial charge is 0.496 e. The Morgan fingerprint density at radius 1 is 1.21 bits per heavy atom. The molecular weight excluding hydrogens is 320 g/mol. The van der Waals surface area contributed by atoms with Gasteiger partial charge in [-0.05, 0) is 36.8 Å². The molecule has 1 aliphatic heterocycles. The quantitative estimate of drug-likeness (QED) is 0.764. The summed E-state index contributed by atoms with van der Waals surface area (Å²) in [5, 5.41) is 5.86. The number of rotatable bonds is 3. The van der Waals surface area contributed by atoms with E-state index in [0.717, 1.165) is 38.8 Å². The van der Waals surface area contributed by atoms with E-state index in [4.69, 9.17) is 9.72 Å². The summed E-state index contributed by atoms with van der Waals surface area (Å²) in [6.45, 7) is 1.92. The number of carbonyl (C=O) groups is 1. The molecule has 4 rings (SSSR count). The lowest BCUT2D eigenvalue weighted by atomic mass is 9.99. The molecule has 0 bridgehead atoms. The van der Waals surface area contributed by atoms with Crippen LogP contribution >= 0.6 is 11.3 Å². The van der Waals surface area contributed by atoms with Crippen molar-refractivity contribution < 1.29 is 9.53 Å². The number of hydrogen-bond donors (Lipinski definition) is 1. The van der Waals surface area contributed by atoms with Gasteiger partial charge in [0.25, 0.3) is 0 Å². The average Bonchev–Trinajstić information content (AvgIpc) is 3.20. The first-order valence-electron chi connectivity index (χ1n) is 7.71. The lowest BCUT2D eigenvalue weighted by molar-refractivity contribution is -0.116. The molecule has 0 radical (unpaired) electrons. The Morgan fingerprint density at radius 2 is 2.04 bits per heavy atom. The Morgan fingerprint density at radius 3 is 2.88 bits per heavy atom. The van der Waals surface area contributed by atoms with Crippen molar-refractivity contribution in [2.45, 2.75) is 12.8 Å². The van der Waals surface area contributed by atoms with Crippen LogP contribution < -0.4 is 10.1 Å². The number of para-hydroxylation sites is 1. The van der Waals surface area contributed by atoms with Crippen LogP contribution in [0.5, 0.6) is 5.75 Å². The van der Waals surface area contributed by atoms with E-state index in [0.29, 0.717) is 0 Å². The van der Waals surface area contributed by atoms with Crippen molar-refractivity contribution in [3.63, 3.8) is 0 Å². The number of nitrogens with one attached hydrogen (secondary N) is 1. The van der Waals surface area contributed by atoms with Gasteiger partial charge in [0, 0.05) is 16.6 Å². The molecule has 0 saturated heterocycles. The predicted octanol–water partition coefficient (Wildman–Crippen LogP) is 4.54. The highest BCUT2D eigenvalue weighted by Crippen LogP contribution is 2.38. The third-order valence-electron chi connectivity index (χ3n) is 4.31. The van der Waals surface area contributed by atoms with Gasteiger partial charge in [0.1, 0.15) is 10.8 Å². The summed E-state index contributed by atoms with van der Waals surface area (Å²) in [6, 6.07) is 13.9. The topological polar surface area (TPSA) is 51.2 Å². The summed E-state index contributed by atoms with van der Waals surface area (Å²) in [4.78, 5) is 16.6. The fourth-order valence-corrected chi connectivity index (χ4v) is 3.79. The van der Waals surface area contributed by atoms with Gasteiger partial charge < -0.3 is 10.1 Å². The molecule has 1 unspecified atom stereocenters. The van der Waals surface area contributed by atoms with Crippen molar-refractivity contribution in [3.05, 3.63) is 53.4 Å². The van der Waals surface area contributed by atoms with Crippen LogP contribution in [0.3, 0.4) is 0 Å². The minimum atomic E-state index is -0.118. The van der Waals surface area contributed by atoms with Gasteiger partial charge in [0.05, 0.1) is 24.3 Å². The summed E-state index contributed by atoms with van der Waals surface area (Å²) in [5.41, 5.74) is 4.85. The van der Waals surface area contributed by atoms with E-state index in [-0.39, 0.29) is 11.8 Å². The Balaban J connectivity index is 1.73. The molecule has 3 aromatic rings. The number of nitrogens with zero attached hydrogens (tertiary/aromatic N) is 1. The molecule has 24 heavy (non-hydrogen) atoms. The highest BCUT2D eigenvalue weighted by molar-refractivity contribution is 7.13. The number of ether oxygens (including phenoxy) is 1. The number of fused-ring (bicyclic) bond motifs is 1. The first-order chi connectivity index (χ1) is 11.7. The highest BCUT2D eigenvalue weighted by Gasteiger charge is 2.26. The van der Waals surface area contributed by atoms with Crippen LogP contribution in [0, 0.1) is 0 Å². The van der Waals surface area contributed by atoms with E-state index >= 15 is 0 Å². The van der Waals surface area contributed by atoms with Crippen molar-refractivity contribution in [2.75, 3.05) is 12.4 Å². The van der Waals surface area contributed by atoms with Gasteiger partial charge in [-0.1, -0.05) is 18.2 Å². The molecule has 120 valence electrons. The van der Waals surface area contributed by atoms with E-state index in [9.17, 15) is 4.79 Å². The molecule has 1 aromatic heterocycles. The maximum Gasteiger partial charge on any atom is 0.231 e. The molecule has 0 fully saturated rings. The summed E-state index contributed by atoms with van der Waals surface area (Å²) in [5.74, 6) is 0.748. The second-order valence-electron chi connectivity index (χ2n) is 5.75. The summed E-state index contributed by atoms with van der Waals surface area (Å²) >= 11 is 1.59. The van der Waals surface area contributed by atoms with Crippen molar-refractivity contribution in [1.82, 2.24) is 4.98 Å². The third kappa shape index (κ3) is 2.37. The maximum atomic E-state index is 11.8. The standard InChI is InChI=1S/C19H16N2O2S/c1-11-14-9-12(7-8-15(14)20-18(11)22)16-10-24-19(21-16)13-5-3-4-6-17(13)23-2/h3-11H,1-2H3,(H,20,22). The number of aromatic nitrogens is 1. The molecule has 0 aliphatic carbocycles. The Hall–Kier alpha value is -2.66. The smallest absolute Gasteiger partial charge is 0.231 e. The zero-order chi connectivity index (χ0) is 16.7. The molecule has 2 heterocycles.